The molecular weight excluding hydrogens is 180 g/mol. The van der Waals surface area contributed by atoms with E-state index in [1.807, 2.05) is 13.8 Å². The molecule has 0 aromatic heterocycles. The summed E-state index contributed by atoms with van der Waals surface area (Å²) in [5.74, 6) is 0.417. The molecule has 3 nitrogen and oxygen atoms in total. The molecule has 14 heavy (non-hydrogen) atoms. The third-order valence-corrected chi connectivity index (χ3v) is 2.42. The third-order valence-electron chi connectivity index (χ3n) is 2.42. The summed E-state index contributed by atoms with van der Waals surface area (Å²) in [4.78, 5) is 11.1. The molecule has 0 amide bonds. The van der Waals surface area contributed by atoms with Gasteiger partial charge in [-0.1, -0.05) is 12.8 Å². The standard InChI is InChI=1S/C11H20O3/c1-9(2)14-11(12)8-13-7-10-5-3-4-6-10/h9-10H,3-8H2,1-2H3. The first kappa shape index (κ1) is 11.5. The SMILES string of the molecule is CC(C)OC(=O)COCC1CCCC1. The molecule has 0 aliphatic heterocycles. The van der Waals surface area contributed by atoms with Crippen LogP contribution >= 0.6 is 0 Å². The number of hydrogen-bond donors (Lipinski definition) is 0. The van der Waals surface area contributed by atoms with Gasteiger partial charge in [-0.25, -0.2) is 4.79 Å². The van der Waals surface area contributed by atoms with E-state index in [2.05, 4.69) is 0 Å². The fraction of sp³-hybridized carbons (Fsp3) is 0.909. The monoisotopic (exact) mass is 200 g/mol. The van der Waals surface area contributed by atoms with E-state index in [4.69, 9.17) is 9.47 Å². The van der Waals surface area contributed by atoms with Crippen molar-refractivity contribution in [3.63, 3.8) is 0 Å². The van der Waals surface area contributed by atoms with Crippen LogP contribution in [0.4, 0.5) is 0 Å². The van der Waals surface area contributed by atoms with Crippen molar-refractivity contribution in [1.29, 1.82) is 0 Å². The molecule has 0 spiro atoms. The number of ether oxygens (including phenoxy) is 2. The Morgan fingerprint density at radius 3 is 2.57 bits per heavy atom. The molecule has 3 heteroatoms. The second-order valence-corrected chi connectivity index (χ2v) is 4.20. The van der Waals surface area contributed by atoms with Gasteiger partial charge in [-0.3, -0.25) is 0 Å². The van der Waals surface area contributed by atoms with Gasteiger partial charge in [-0.05, 0) is 32.6 Å². The minimum Gasteiger partial charge on any atom is -0.461 e. The highest BCUT2D eigenvalue weighted by Gasteiger charge is 2.15. The lowest BCUT2D eigenvalue weighted by atomic mass is 10.1. The van der Waals surface area contributed by atoms with Gasteiger partial charge < -0.3 is 9.47 Å². The van der Waals surface area contributed by atoms with E-state index in [0.717, 1.165) is 0 Å². The van der Waals surface area contributed by atoms with Gasteiger partial charge in [0.1, 0.15) is 6.61 Å². The highest BCUT2D eigenvalue weighted by Crippen LogP contribution is 2.24. The Morgan fingerprint density at radius 1 is 1.36 bits per heavy atom. The molecule has 0 heterocycles. The maximum Gasteiger partial charge on any atom is 0.332 e. The molecule has 0 saturated heterocycles. The van der Waals surface area contributed by atoms with Crippen LogP contribution in [0.5, 0.6) is 0 Å². The van der Waals surface area contributed by atoms with Crippen LogP contribution in [-0.2, 0) is 14.3 Å². The Hall–Kier alpha value is -0.570. The Kier molecular flexibility index (Phi) is 4.94. The first-order valence-electron chi connectivity index (χ1n) is 5.45. The van der Waals surface area contributed by atoms with Crippen LogP contribution in [0.15, 0.2) is 0 Å². The second-order valence-electron chi connectivity index (χ2n) is 4.20. The number of rotatable bonds is 5. The summed E-state index contributed by atoms with van der Waals surface area (Å²) in [7, 11) is 0. The zero-order chi connectivity index (χ0) is 10.4. The molecule has 1 aliphatic rings. The Labute approximate surface area is 85.8 Å². The van der Waals surface area contributed by atoms with Crippen molar-refractivity contribution in [2.75, 3.05) is 13.2 Å². The molecule has 0 bridgehead atoms. The van der Waals surface area contributed by atoms with Crippen LogP contribution in [0.2, 0.25) is 0 Å². The summed E-state index contributed by atoms with van der Waals surface area (Å²) in [6.45, 7) is 4.51. The van der Waals surface area contributed by atoms with E-state index >= 15 is 0 Å². The molecule has 1 fully saturated rings. The van der Waals surface area contributed by atoms with Crippen LogP contribution in [-0.4, -0.2) is 25.3 Å². The predicted octanol–water partition coefficient (Wildman–Crippen LogP) is 2.14. The molecule has 1 aliphatic carbocycles. The highest BCUT2D eigenvalue weighted by atomic mass is 16.6. The number of carbonyl (C=O) groups is 1. The minimum absolute atomic E-state index is 0.0439. The van der Waals surface area contributed by atoms with Gasteiger partial charge >= 0.3 is 5.97 Å². The highest BCUT2D eigenvalue weighted by molar-refractivity contribution is 5.70. The molecule has 0 radical (unpaired) electrons. The van der Waals surface area contributed by atoms with E-state index in [9.17, 15) is 4.79 Å². The predicted molar refractivity (Wildman–Crippen MR) is 54.0 cm³/mol. The first-order valence-corrected chi connectivity index (χ1v) is 5.45. The van der Waals surface area contributed by atoms with Gasteiger partial charge in [0.2, 0.25) is 0 Å². The van der Waals surface area contributed by atoms with E-state index in [-0.39, 0.29) is 18.7 Å². The van der Waals surface area contributed by atoms with E-state index < -0.39 is 0 Å². The molecule has 0 aromatic rings. The van der Waals surface area contributed by atoms with Crippen molar-refractivity contribution in [2.45, 2.75) is 45.6 Å². The zero-order valence-corrected chi connectivity index (χ0v) is 9.12. The summed E-state index contributed by atoms with van der Waals surface area (Å²) in [6.07, 6.45) is 5.07. The molecular formula is C11H20O3. The summed E-state index contributed by atoms with van der Waals surface area (Å²) in [5.41, 5.74) is 0. The van der Waals surface area contributed by atoms with Gasteiger partial charge in [-0.15, -0.1) is 0 Å². The molecule has 82 valence electrons. The van der Waals surface area contributed by atoms with Gasteiger partial charge in [-0.2, -0.15) is 0 Å². The summed E-state index contributed by atoms with van der Waals surface area (Å²) < 4.78 is 10.3. The number of esters is 1. The maximum atomic E-state index is 11.1. The van der Waals surface area contributed by atoms with Gasteiger partial charge in [0.05, 0.1) is 12.7 Å². The lowest BCUT2D eigenvalue weighted by molar-refractivity contribution is -0.153. The van der Waals surface area contributed by atoms with Crippen molar-refractivity contribution in [3.8, 4) is 0 Å². The van der Waals surface area contributed by atoms with E-state index in [1.165, 1.54) is 25.7 Å². The van der Waals surface area contributed by atoms with E-state index in [0.29, 0.717) is 12.5 Å². The molecule has 0 aromatic carbocycles. The van der Waals surface area contributed by atoms with Crippen molar-refractivity contribution in [2.24, 2.45) is 5.92 Å². The van der Waals surface area contributed by atoms with Gasteiger partial charge in [0.15, 0.2) is 0 Å². The quantitative estimate of drug-likeness (QED) is 0.638. The van der Waals surface area contributed by atoms with Gasteiger partial charge in [0.25, 0.3) is 0 Å². The van der Waals surface area contributed by atoms with Crippen LogP contribution in [0, 0.1) is 5.92 Å². The van der Waals surface area contributed by atoms with Crippen LogP contribution < -0.4 is 0 Å². The van der Waals surface area contributed by atoms with Gasteiger partial charge in [0, 0.05) is 0 Å². The third kappa shape index (κ3) is 4.61. The largest absolute Gasteiger partial charge is 0.461 e. The molecule has 0 N–H and O–H groups in total. The number of carbonyl (C=O) groups excluding carboxylic acids is 1. The Morgan fingerprint density at radius 2 is 2.00 bits per heavy atom. The normalized spacial score (nSPS) is 17.6. The average Bonchev–Trinajstić information content (AvgIpc) is 2.55. The molecule has 0 unspecified atom stereocenters. The molecule has 1 saturated carbocycles. The van der Waals surface area contributed by atoms with Crippen molar-refractivity contribution in [3.05, 3.63) is 0 Å². The Bertz CT molecular complexity index is 171. The lowest BCUT2D eigenvalue weighted by Crippen LogP contribution is -2.18. The summed E-state index contributed by atoms with van der Waals surface area (Å²) in [5, 5.41) is 0. The van der Waals surface area contributed by atoms with Crippen molar-refractivity contribution >= 4 is 5.97 Å². The fourth-order valence-electron chi connectivity index (χ4n) is 1.78. The lowest BCUT2D eigenvalue weighted by Gasteiger charge is -2.11. The van der Waals surface area contributed by atoms with Crippen LogP contribution in [0.25, 0.3) is 0 Å². The van der Waals surface area contributed by atoms with Crippen LogP contribution in [0.3, 0.4) is 0 Å². The summed E-state index contributed by atoms with van der Waals surface area (Å²) >= 11 is 0. The van der Waals surface area contributed by atoms with Crippen molar-refractivity contribution in [1.82, 2.24) is 0 Å². The maximum absolute atomic E-state index is 11.1. The Balaban J connectivity index is 1.99. The minimum atomic E-state index is -0.252. The second kappa shape index (κ2) is 6.02. The smallest absolute Gasteiger partial charge is 0.332 e. The van der Waals surface area contributed by atoms with Crippen LogP contribution in [0.1, 0.15) is 39.5 Å². The average molecular weight is 200 g/mol. The molecule has 1 rings (SSSR count). The number of hydrogen-bond acceptors (Lipinski definition) is 3. The molecule has 0 atom stereocenters. The zero-order valence-electron chi connectivity index (χ0n) is 9.12. The topological polar surface area (TPSA) is 35.5 Å². The van der Waals surface area contributed by atoms with E-state index in [1.54, 1.807) is 0 Å². The fourth-order valence-corrected chi connectivity index (χ4v) is 1.78. The van der Waals surface area contributed by atoms with Crippen molar-refractivity contribution < 1.29 is 14.3 Å². The summed E-state index contributed by atoms with van der Waals surface area (Å²) in [6, 6.07) is 0. The first-order chi connectivity index (χ1) is 6.68.